The van der Waals surface area contributed by atoms with Crippen LogP contribution in [0.1, 0.15) is 19.4 Å². The fourth-order valence-electron chi connectivity index (χ4n) is 3.13. The third kappa shape index (κ3) is 5.09. The molecule has 0 saturated carbocycles. The van der Waals surface area contributed by atoms with Crippen molar-refractivity contribution in [3.63, 3.8) is 0 Å². The number of hydrogen-bond donors (Lipinski definition) is 1. The van der Waals surface area contributed by atoms with Crippen LogP contribution in [0.3, 0.4) is 0 Å². The van der Waals surface area contributed by atoms with Crippen molar-refractivity contribution in [2.24, 2.45) is 16.0 Å². The molecule has 2 heterocycles. The maximum atomic E-state index is 12.6. The first-order chi connectivity index (χ1) is 16.0. The number of rotatable bonds is 8. The molecule has 2 aliphatic heterocycles. The number of thioether (sulfide) groups is 1. The highest BCUT2D eigenvalue weighted by Crippen LogP contribution is 2.32. The van der Waals surface area contributed by atoms with Crippen molar-refractivity contribution in [1.82, 2.24) is 5.01 Å². The van der Waals surface area contributed by atoms with Gasteiger partial charge in [0.05, 0.1) is 12.7 Å². The summed E-state index contributed by atoms with van der Waals surface area (Å²) < 4.78 is 16.9. The molecule has 0 spiro atoms. The number of para-hydroxylation sites is 1. The first-order valence-electron chi connectivity index (χ1n) is 10.4. The van der Waals surface area contributed by atoms with Crippen LogP contribution in [0.4, 0.5) is 0 Å². The van der Waals surface area contributed by atoms with Gasteiger partial charge in [-0.1, -0.05) is 38.1 Å². The lowest BCUT2D eigenvalue weighted by atomic mass is 10.1. The van der Waals surface area contributed by atoms with E-state index in [0.29, 0.717) is 35.4 Å². The fraction of sp³-hybridized carbons (Fsp3) is 0.250. The first-order valence-corrected chi connectivity index (χ1v) is 11.3. The van der Waals surface area contributed by atoms with E-state index in [2.05, 4.69) is 10.1 Å². The summed E-state index contributed by atoms with van der Waals surface area (Å²) in [6.07, 6.45) is 1.61. The number of aliphatic imine (C=N–C) groups is 1. The largest absolute Gasteiger partial charge is 0.493 e. The van der Waals surface area contributed by atoms with E-state index in [-0.39, 0.29) is 17.3 Å². The van der Waals surface area contributed by atoms with Gasteiger partial charge in [-0.15, -0.1) is 0 Å². The Morgan fingerprint density at radius 3 is 2.58 bits per heavy atom. The van der Waals surface area contributed by atoms with E-state index < -0.39 is 5.91 Å². The minimum absolute atomic E-state index is 0.00510. The van der Waals surface area contributed by atoms with Gasteiger partial charge in [0.15, 0.2) is 17.3 Å². The quantitative estimate of drug-likeness (QED) is 0.459. The third-order valence-corrected chi connectivity index (χ3v) is 6.02. The molecular weight excluding hydrogens is 440 g/mol. The van der Waals surface area contributed by atoms with Crippen molar-refractivity contribution < 1.29 is 19.0 Å². The number of nitrogens with one attached hydrogen (secondary N) is 1. The summed E-state index contributed by atoms with van der Waals surface area (Å²) in [6.45, 7) is 4.75. The summed E-state index contributed by atoms with van der Waals surface area (Å²) in [7, 11) is 1.55. The maximum Gasteiger partial charge on any atom is 0.283 e. The Balaban J connectivity index is 1.46. The van der Waals surface area contributed by atoms with Crippen molar-refractivity contribution in [1.29, 1.82) is 5.41 Å². The molecule has 0 atom stereocenters. The van der Waals surface area contributed by atoms with E-state index in [1.807, 2.05) is 44.2 Å². The Bertz CT molecular complexity index is 1160. The van der Waals surface area contributed by atoms with Gasteiger partial charge in [-0.05, 0) is 47.7 Å². The van der Waals surface area contributed by atoms with Crippen LogP contribution in [-0.2, 0) is 4.79 Å². The van der Waals surface area contributed by atoms with Gasteiger partial charge in [-0.25, -0.2) is 0 Å². The summed E-state index contributed by atoms with van der Waals surface area (Å²) in [5, 5.41) is 15.6. The molecule has 33 heavy (non-hydrogen) atoms. The number of carbonyl (C=O) groups excluding carboxylic acids is 1. The Morgan fingerprint density at radius 1 is 1.09 bits per heavy atom. The normalized spacial score (nSPS) is 16.6. The van der Waals surface area contributed by atoms with E-state index in [0.717, 1.165) is 10.8 Å². The summed E-state index contributed by atoms with van der Waals surface area (Å²) in [6, 6.07) is 14.8. The second kappa shape index (κ2) is 9.91. The second-order valence-electron chi connectivity index (χ2n) is 7.53. The van der Waals surface area contributed by atoms with Gasteiger partial charge in [-0.3, -0.25) is 10.2 Å². The summed E-state index contributed by atoms with van der Waals surface area (Å²) in [4.78, 5) is 16.7. The van der Waals surface area contributed by atoms with Crippen LogP contribution in [0.2, 0.25) is 0 Å². The molecule has 0 aliphatic carbocycles. The molecule has 0 aromatic heterocycles. The van der Waals surface area contributed by atoms with Gasteiger partial charge < -0.3 is 14.2 Å². The second-order valence-corrected chi connectivity index (χ2v) is 8.52. The lowest BCUT2D eigenvalue weighted by molar-refractivity contribution is -0.114. The van der Waals surface area contributed by atoms with Crippen LogP contribution in [0.15, 0.2) is 64.2 Å². The SMILES string of the molecule is COc1cc(/C=C2\C(=N)N3N=C(C(C)C)SC3=NC2=O)ccc1OCCOc1ccccc1. The van der Waals surface area contributed by atoms with E-state index in [1.54, 1.807) is 31.4 Å². The number of fused-ring (bicyclic) bond motifs is 1. The van der Waals surface area contributed by atoms with Crippen LogP contribution < -0.4 is 14.2 Å². The standard InChI is InChI=1S/C24H24N4O4S/c1-15(2)23-27-28-21(25)18(22(29)26-24(28)33-23)13-16-9-10-19(20(14-16)30-3)32-12-11-31-17-7-5-4-6-8-17/h4-10,13-15,25H,11-12H2,1-3H3/b18-13+,25-21?. The fourth-order valence-corrected chi connectivity index (χ4v) is 4.02. The van der Waals surface area contributed by atoms with Gasteiger partial charge in [0.25, 0.3) is 5.91 Å². The zero-order chi connectivity index (χ0) is 23.4. The van der Waals surface area contributed by atoms with Gasteiger partial charge in [-0.2, -0.15) is 15.1 Å². The minimum atomic E-state index is -0.462. The molecule has 0 radical (unpaired) electrons. The van der Waals surface area contributed by atoms with Gasteiger partial charge in [0, 0.05) is 5.92 Å². The van der Waals surface area contributed by atoms with E-state index >= 15 is 0 Å². The number of nitrogens with zero attached hydrogens (tertiary/aromatic N) is 3. The van der Waals surface area contributed by atoms with E-state index in [4.69, 9.17) is 19.6 Å². The topological polar surface area (TPSA) is 96.6 Å². The molecule has 2 aromatic rings. The van der Waals surface area contributed by atoms with E-state index in [9.17, 15) is 4.79 Å². The lowest BCUT2D eigenvalue weighted by Crippen LogP contribution is -2.35. The zero-order valence-electron chi connectivity index (χ0n) is 18.6. The molecule has 1 N–H and O–H groups in total. The summed E-state index contributed by atoms with van der Waals surface area (Å²) in [5.41, 5.74) is 0.853. The molecule has 2 aromatic carbocycles. The number of amidine groups is 2. The summed E-state index contributed by atoms with van der Waals surface area (Å²) in [5.74, 6) is 1.58. The van der Waals surface area contributed by atoms with Crippen LogP contribution in [0, 0.1) is 11.3 Å². The van der Waals surface area contributed by atoms with Gasteiger partial charge >= 0.3 is 0 Å². The summed E-state index contributed by atoms with van der Waals surface area (Å²) >= 11 is 1.32. The maximum absolute atomic E-state index is 12.6. The average molecular weight is 465 g/mol. The molecule has 9 heteroatoms. The zero-order valence-corrected chi connectivity index (χ0v) is 19.4. The van der Waals surface area contributed by atoms with Crippen LogP contribution in [0.5, 0.6) is 17.2 Å². The van der Waals surface area contributed by atoms with Crippen LogP contribution >= 0.6 is 11.8 Å². The molecule has 0 fully saturated rings. The Labute approximate surface area is 196 Å². The van der Waals surface area contributed by atoms with Crippen molar-refractivity contribution >= 4 is 39.8 Å². The number of amides is 1. The smallest absolute Gasteiger partial charge is 0.283 e. The lowest BCUT2D eigenvalue weighted by Gasteiger charge is -2.20. The highest BCUT2D eigenvalue weighted by molar-refractivity contribution is 8.27. The number of methoxy groups -OCH3 is 1. The van der Waals surface area contributed by atoms with Crippen LogP contribution in [0.25, 0.3) is 6.08 Å². The number of ether oxygens (including phenoxy) is 3. The Morgan fingerprint density at radius 2 is 1.85 bits per heavy atom. The molecule has 0 bridgehead atoms. The highest BCUT2D eigenvalue weighted by atomic mass is 32.2. The Hall–Kier alpha value is -3.59. The average Bonchev–Trinajstić information content (AvgIpc) is 3.25. The molecule has 170 valence electrons. The first kappa shape index (κ1) is 22.6. The molecular formula is C24H24N4O4S. The Kier molecular flexibility index (Phi) is 6.79. The number of hydrogen-bond acceptors (Lipinski definition) is 7. The minimum Gasteiger partial charge on any atom is -0.493 e. The monoisotopic (exact) mass is 464 g/mol. The number of hydrazone groups is 1. The molecule has 4 rings (SSSR count). The number of benzene rings is 2. The predicted molar refractivity (Wildman–Crippen MR) is 130 cm³/mol. The van der Waals surface area contributed by atoms with Crippen molar-refractivity contribution in [2.45, 2.75) is 13.8 Å². The molecule has 8 nitrogen and oxygen atoms in total. The molecule has 0 saturated heterocycles. The van der Waals surface area contributed by atoms with Crippen molar-refractivity contribution in [2.75, 3.05) is 20.3 Å². The third-order valence-electron chi connectivity index (χ3n) is 4.82. The molecule has 0 unspecified atom stereocenters. The van der Waals surface area contributed by atoms with Crippen molar-refractivity contribution in [3.8, 4) is 17.2 Å². The molecule has 2 aliphatic rings. The van der Waals surface area contributed by atoms with Gasteiger partial charge in [0.1, 0.15) is 24.0 Å². The number of carbonyl (C=O) groups is 1. The van der Waals surface area contributed by atoms with Gasteiger partial charge in [0.2, 0.25) is 5.17 Å². The highest BCUT2D eigenvalue weighted by Gasteiger charge is 2.36. The molecule has 1 amide bonds. The van der Waals surface area contributed by atoms with E-state index in [1.165, 1.54) is 16.8 Å². The van der Waals surface area contributed by atoms with Crippen molar-refractivity contribution in [3.05, 3.63) is 59.7 Å². The predicted octanol–water partition coefficient (Wildman–Crippen LogP) is 4.43. The van der Waals surface area contributed by atoms with Crippen LogP contribution in [-0.4, -0.2) is 47.3 Å².